The average molecular weight is 501 g/mol. The zero-order valence-corrected chi connectivity index (χ0v) is 23.5. The van der Waals surface area contributed by atoms with Crippen LogP contribution in [0, 0.1) is 39.9 Å². The second kappa shape index (κ2) is 9.29. The molecule has 0 aliphatic heterocycles. The van der Waals surface area contributed by atoms with Crippen LogP contribution in [0.2, 0.25) is 0 Å². The number of carbonyl (C=O) groups excluding carboxylic acids is 1. The molecule has 0 bridgehead atoms. The van der Waals surface area contributed by atoms with Crippen LogP contribution in [-0.4, -0.2) is 33.9 Å². The van der Waals surface area contributed by atoms with Gasteiger partial charge in [-0.3, -0.25) is 4.79 Å². The largest absolute Gasteiger partial charge is 0.478 e. The second-order valence-electron chi connectivity index (χ2n) is 13.6. The number of carbonyl (C=O) groups is 2. The monoisotopic (exact) mass is 500 g/mol. The molecule has 5 nitrogen and oxygen atoms in total. The van der Waals surface area contributed by atoms with Gasteiger partial charge in [-0.2, -0.15) is 0 Å². The van der Waals surface area contributed by atoms with Crippen LogP contribution >= 0.6 is 0 Å². The predicted molar refractivity (Wildman–Crippen MR) is 141 cm³/mol. The standard InChI is InChI=1S/C31H48O5/c1-19(9-8-10-20(2)27(33)34)22-11-12-23-24-13-14-25-28(4,5)26(36-21(3)32)15-16-30(25,7)31(24,35)18-17-29(22,23)6/h10,12,19,22,24-26,35H,8-9,11,13-18H2,1-7H3,(H,33,34)/b20-10+/t19-,22+,24+,25+,26+,29+,30+,31-/m1/s1. The van der Waals surface area contributed by atoms with Gasteiger partial charge in [-0.15, -0.1) is 0 Å². The molecule has 4 rings (SSSR count). The number of fused-ring (bicyclic) bond motifs is 5. The Morgan fingerprint density at radius 2 is 1.81 bits per heavy atom. The highest BCUT2D eigenvalue weighted by molar-refractivity contribution is 5.85. The molecule has 0 heterocycles. The molecule has 2 N–H and O–H groups in total. The van der Waals surface area contributed by atoms with E-state index in [4.69, 9.17) is 9.84 Å². The Morgan fingerprint density at radius 3 is 2.44 bits per heavy atom. The van der Waals surface area contributed by atoms with Crippen molar-refractivity contribution >= 4 is 11.9 Å². The Hall–Kier alpha value is -1.62. The second-order valence-corrected chi connectivity index (χ2v) is 13.6. The number of carboxylic acids is 1. The smallest absolute Gasteiger partial charge is 0.330 e. The van der Waals surface area contributed by atoms with E-state index in [-0.39, 0.29) is 34.2 Å². The number of hydrogen-bond donors (Lipinski definition) is 2. The van der Waals surface area contributed by atoms with Gasteiger partial charge in [-0.1, -0.05) is 52.3 Å². The van der Waals surface area contributed by atoms with Gasteiger partial charge in [0.2, 0.25) is 0 Å². The number of allylic oxidation sites excluding steroid dienone is 2. The predicted octanol–water partition coefficient (Wildman–Crippen LogP) is 6.70. The van der Waals surface area contributed by atoms with Crippen molar-refractivity contribution in [3.8, 4) is 0 Å². The summed E-state index contributed by atoms with van der Waals surface area (Å²) in [6.07, 6.45) is 12.7. The molecule has 0 aromatic heterocycles. The van der Waals surface area contributed by atoms with E-state index in [9.17, 15) is 14.7 Å². The van der Waals surface area contributed by atoms with Crippen molar-refractivity contribution < 1.29 is 24.5 Å². The number of rotatable bonds is 6. The highest BCUT2D eigenvalue weighted by Crippen LogP contribution is 2.70. The molecule has 0 radical (unpaired) electrons. The first kappa shape index (κ1) is 27.4. The number of esters is 1. The lowest BCUT2D eigenvalue weighted by Gasteiger charge is -2.67. The fourth-order valence-electron chi connectivity index (χ4n) is 9.48. The number of aliphatic carboxylic acids is 1. The van der Waals surface area contributed by atoms with Crippen LogP contribution < -0.4 is 0 Å². The van der Waals surface area contributed by atoms with Crippen LogP contribution in [0.15, 0.2) is 23.3 Å². The van der Waals surface area contributed by atoms with Crippen LogP contribution in [0.3, 0.4) is 0 Å². The summed E-state index contributed by atoms with van der Waals surface area (Å²) in [5, 5.41) is 21.7. The molecule has 0 aromatic rings. The fourth-order valence-corrected chi connectivity index (χ4v) is 9.48. The maximum atomic E-state index is 12.6. The third-order valence-corrected chi connectivity index (χ3v) is 11.6. The molecule has 0 unspecified atom stereocenters. The van der Waals surface area contributed by atoms with Crippen LogP contribution in [0.25, 0.3) is 0 Å². The molecule has 3 saturated carbocycles. The first-order chi connectivity index (χ1) is 16.7. The van der Waals surface area contributed by atoms with E-state index in [1.165, 1.54) is 12.5 Å². The van der Waals surface area contributed by atoms with Gasteiger partial charge >= 0.3 is 11.9 Å². The Balaban J connectivity index is 1.54. The highest BCUT2D eigenvalue weighted by Gasteiger charge is 2.68. The third kappa shape index (κ3) is 4.08. The van der Waals surface area contributed by atoms with E-state index in [0.717, 1.165) is 57.8 Å². The lowest BCUT2D eigenvalue weighted by atomic mass is 9.40. The molecule has 8 atom stereocenters. The van der Waals surface area contributed by atoms with Crippen molar-refractivity contribution in [2.24, 2.45) is 39.9 Å². The van der Waals surface area contributed by atoms with Gasteiger partial charge in [0.25, 0.3) is 0 Å². The van der Waals surface area contributed by atoms with Crippen molar-refractivity contribution in [2.45, 2.75) is 118 Å². The van der Waals surface area contributed by atoms with Gasteiger partial charge in [0, 0.05) is 29.2 Å². The van der Waals surface area contributed by atoms with Crippen molar-refractivity contribution in [2.75, 3.05) is 0 Å². The van der Waals surface area contributed by atoms with Gasteiger partial charge in [0.15, 0.2) is 0 Å². The minimum Gasteiger partial charge on any atom is -0.478 e. The molecule has 202 valence electrons. The SMILES string of the molecule is CC(=O)O[C@H]1CC[C@@]2(C)[C@@H](CC[C@H]3C4=CC[C@@H]([C@H](C)CC/C=C(\C)C(=O)O)[C@]4(C)CC[C@@]32O)C1(C)C. The van der Waals surface area contributed by atoms with E-state index in [0.29, 0.717) is 23.3 Å². The normalized spacial score (nSPS) is 42.4. The van der Waals surface area contributed by atoms with Gasteiger partial charge in [0.05, 0.1) is 5.60 Å². The zero-order valence-electron chi connectivity index (χ0n) is 23.5. The molecule has 0 aromatic carbocycles. The summed E-state index contributed by atoms with van der Waals surface area (Å²) in [7, 11) is 0. The number of hydrogen-bond acceptors (Lipinski definition) is 4. The van der Waals surface area contributed by atoms with Crippen molar-refractivity contribution in [1.82, 2.24) is 0 Å². The fraction of sp³-hybridized carbons (Fsp3) is 0.806. The molecule has 0 saturated heterocycles. The molecule has 4 aliphatic rings. The summed E-state index contributed by atoms with van der Waals surface area (Å²) >= 11 is 0. The van der Waals surface area contributed by atoms with Gasteiger partial charge in [-0.25, -0.2) is 4.79 Å². The number of carboxylic acid groups (broad SMARTS) is 1. The van der Waals surface area contributed by atoms with E-state index < -0.39 is 11.6 Å². The summed E-state index contributed by atoms with van der Waals surface area (Å²) in [5.41, 5.74) is 0.946. The van der Waals surface area contributed by atoms with Crippen LogP contribution in [-0.2, 0) is 14.3 Å². The van der Waals surface area contributed by atoms with Gasteiger partial charge < -0.3 is 14.9 Å². The molecule has 4 aliphatic carbocycles. The Morgan fingerprint density at radius 1 is 1.11 bits per heavy atom. The van der Waals surface area contributed by atoms with Crippen LogP contribution in [0.1, 0.15) is 106 Å². The minimum atomic E-state index is -0.833. The zero-order chi connectivity index (χ0) is 26.7. The quantitative estimate of drug-likeness (QED) is 0.241. The van der Waals surface area contributed by atoms with Crippen molar-refractivity contribution in [3.63, 3.8) is 0 Å². The Labute approximate surface area is 217 Å². The Kier molecular flexibility index (Phi) is 7.07. The van der Waals surface area contributed by atoms with Crippen molar-refractivity contribution in [3.05, 3.63) is 23.3 Å². The topological polar surface area (TPSA) is 83.8 Å². The Bertz CT molecular complexity index is 962. The summed E-state index contributed by atoms with van der Waals surface area (Å²) in [6, 6.07) is 0. The maximum Gasteiger partial charge on any atom is 0.330 e. The molecule has 36 heavy (non-hydrogen) atoms. The molecule has 5 heteroatoms. The molecule has 0 spiro atoms. The average Bonchev–Trinajstić information content (AvgIpc) is 3.13. The first-order valence-electron chi connectivity index (χ1n) is 14.2. The number of aliphatic hydroxyl groups is 1. The summed E-state index contributed by atoms with van der Waals surface area (Å²) in [4.78, 5) is 22.9. The maximum absolute atomic E-state index is 12.6. The van der Waals surface area contributed by atoms with E-state index in [1.807, 2.05) is 6.08 Å². The third-order valence-electron chi connectivity index (χ3n) is 11.6. The highest BCUT2D eigenvalue weighted by atomic mass is 16.5. The number of ether oxygens (including phenoxy) is 1. The summed E-state index contributed by atoms with van der Waals surface area (Å²) < 4.78 is 5.79. The minimum absolute atomic E-state index is 0.0863. The van der Waals surface area contributed by atoms with E-state index in [2.05, 4.69) is 40.7 Å². The molecule has 0 amide bonds. The van der Waals surface area contributed by atoms with E-state index >= 15 is 0 Å². The molecular formula is C31H48O5. The summed E-state index contributed by atoms with van der Waals surface area (Å²) in [5.74, 6) is 0.511. The summed E-state index contributed by atoms with van der Waals surface area (Å²) in [6.45, 7) is 14.7. The van der Waals surface area contributed by atoms with Gasteiger partial charge in [-0.05, 0) is 87.9 Å². The van der Waals surface area contributed by atoms with Crippen molar-refractivity contribution in [1.29, 1.82) is 0 Å². The molecular weight excluding hydrogens is 452 g/mol. The van der Waals surface area contributed by atoms with Crippen LogP contribution in [0.5, 0.6) is 0 Å². The lowest BCUT2D eigenvalue weighted by molar-refractivity contribution is -0.244. The van der Waals surface area contributed by atoms with Crippen LogP contribution in [0.4, 0.5) is 0 Å². The van der Waals surface area contributed by atoms with E-state index in [1.54, 1.807) is 6.92 Å². The first-order valence-corrected chi connectivity index (χ1v) is 14.2. The lowest BCUT2D eigenvalue weighted by Crippen LogP contribution is -2.67. The van der Waals surface area contributed by atoms with Gasteiger partial charge in [0.1, 0.15) is 6.10 Å². The molecule has 3 fully saturated rings.